The molecule has 134 valence electrons. The summed E-state index contributed by atoms with van der Waals surface area (Å²) in [6.45, 7) is 12.5. The summed E-state index contributed by atoms with van der Waals surface area (Å²) < 4.78 is 5.93. The number of ether oxygens (including phenoxy) is 1. The van der Waals surface area contributed by atoms with Crippen LogP contribution in [-0.2, 0) is 4.74 Å². The molecule has 0 aliphatic heterocycles. The van der Waals surface area contributed by atoms with E-state index in [4.69, 9.17) is 4.74 Å². The molecule has 2 rings (SSSR count). The molecule has 0 aliphatic carbocycles. The fourth-order valence-corrected chi connectivity index (χ4v) is 2.91. The maximum Gasteiger partial charge on any atom is 0.255 e. The summed E-state index contributed by atoms with van der Waals surface area (Å²) in [5, 5.41) is 2.03. The van der Waals surface area contributed by atoms with E-state index in [1.807, 2.05) is 71.2 Å². The van der Waals surface area contributed by atoms with Crippen molar-refractivity contribution in [3.8, 4) is 0 Å². The molecule has 0 spiro atoms. The van der Waals surface area contributed by atoms with Crippen molar-refractivity contribution in [1.29, 1.82) is 0 Å². The fraction of sp³-hybridized carbons (Fsp3) is 0.409. The van der Waals surface area contributed by atoms with Gasteiger partial charge in [0, 0.05) is 19.2 Å². The second-order valence-corrected chi connectivity index (χ2v) is 7.25. The Kier molecular flexibility index (Phi) is 6.02. The van der Waals surface area contributed by atoms with Gasteiger partial charge in [0.2, 0.25) is 0 Å². The van der Waals surface area contributed by atoms with Gasteiger partial charge in [0.25, 0.3) is 5.91 Å². The predicted octanol–water partition coefficient (Wildman–Crippen LogP) is 5.36. The van der Waals surface area contributed by atoms with Crippen molar-refractivity contribution in [2.24, 2.45) is 0 Å². The molecular formula is C22H29NO2. The molecule has 0 bridgehead atoms. The van der Waals surface area contributed by atoms with E-state index in [0.29, 0.717) is 13.0 Å². The van der Waals surface area contributed by atoms with Crippen LogP contribution in [0.25, 0.3) is 10.8 Å². The molecule has 1 atom stereocenters. The third kappa shape index (κ3) is 4.10. The van der Waals surface area contributed by atoms with E-state index in [0.717, 1.165) is 21.9 Å². The largest absolute Gasteiger partial charge is 0.373 e. The van der Waals surface area contributed by atoms with Crippen LogP contribution in [0.3, 0.4) is 0 Å². The second kappa shape index (κ2) is 7.83. The topological polar surface area (TPSA) is 29.5 Å². The Morgan fingerprint density at radius 2 is 1.92 bits per heavy atom. The Labute approximate surface area is 151 Å². The van der Waals surface area contributed by atoms with Crippen molar-refractivity contribution < 1.29 is 9.53 Å². The first-order valence-electron chi connectivity index (χ1n) is 8.83. The maximum atomic E-state index is 13.4. The summed E-state index contributed by atoms with van der Waals surface area (Å²) in [5.41, 5.74) is 1.41. The Morgan fingerprint density at radius 1 is 1.24 bits per heavy atom. The van der Waals surface area contributed by atoms with Crippen LogP contribution in [0.5, 0.6) is 0 Å². The van der Waals surface area contributed by atoms with Crippen molar-refractivity contribution in [3.63, 3.8) is 0 Å². The highest BCUT2D eigenvalue weighted by atomic mass is 16.5. The monoisotopic (exact) mass is 339 g/mol. The number of fused-ring (bicyclic) bond motifs is 1. The predicted molar refractivity (Wildman–Crippen MR) is 105 cm³/mol. The van der Waals surface area contributed by atoms with Crippen molar-refractivity contribution >= 4 is 16.7 Å². The smallest absolute Gasteiger partial charge is 0.255 e. The minimum absolute atomic E-state index is 0.0214. The quantitative estimate of drug-likeness (QED) is 0.663. The van der Waals surface area contributed by atoms with Gasteiger partial charge >= 0.3 is 0 Å². The lowest BCUT2D eigenvalue weighted by atomic mass is 9.92. The van der Waals surface area contributed by atoms with Gasteiger partial charge in [0.15, 0.2) is 0 Å². The van der Waals surface area contributed by atoms with Gasteiger partial charge in [-0.1, -0.05) is 42.5 Å². The van der Waals surface area contributed by atoms with E-state index >= 15 is 0 Å². The Bertz CT molecular complexity index is 758. The van der Waals surface area contributed by atoms with Gasteiger partial charge in [-0.3, -0.25) is 4.79 Å². The molecule has 0 fully saturated rings. The van der Waals surface area contributed by atoms with E-state index in [2.05, 4.69) is 12.6 Å². The van der Waals surface area contributed by atoms with Crippen LogP contribution in [0.4, 0.5) is 0 Å². The van der Waals surface area contributed by atoms with Crippen molar-refractivity contribution in [1.82, 2.24) is 4.90 Å². The maximum absolute atomic E-state index is 13.4. The number of nitrogens with zero attached hydrogens (tertiary/aromatic N) is 1. The van der Waals surface area contributed by atoms with Gasteiger partial charge in [0.05, 0.1) is 11.7 Å². The molecule has 0 saturated carbocycles. The van der Waals surface area contributed by atoms with E-state index in [1.54, 1.807) is 4.90 Å². The zero-order valence-corrected chi connectivity index (χ0v) is 16.0. The first-order valence-corrected chi connectivity index (χ1v) is 8.83. The SMILES string of the molecule is C=CCC(OCC)c1ccc2ccccc2c1C(=O)N(C)C(C)(C)C. The zero-order chi connectivity index (χ0) is 18.6. The number of benzene rings is 2. The van der Waals surface area contributed by atoms with Gasteiger partial charge in [0.1, 0.15) is 0 Å². The lowest BCUT2D eigenvalue weighted by molar-refractivity contribution is 0.0576. The van der Waals surface area contributed by atoms with Gasteiger partial charge in [-0.2, -0.15) is 0 Å². The zero-order valence-electron chi connectivity index (χ0n) is 16.0. The van der Waals surface area contributed by atoms with Crippen LogP contribution in [0.15, 0.2) is 49.1 Å². The van der Waals surface area contributed by atoms with Crippen molar-refractivity contribution in [2.75, 3.05) is 13.7 Å². The lowest BCUT2D eigenvalue weighted by Gasteiger charge is -2.33. The number of carbonyl (C=O) groups excluding carboxylic acids is 1. The van der Waals surface area contributed by atoms with Crippen LogP contribution in [0.2, 0.25) is 0 Å². The summed E-state index contributed by atoms with van der Waals surface area (Å²) in [5.74, 6) is 0.0214. The Balaban J connectivity index is 2.70. The molecule has 1 amide bonds. The van der Waals surface area contributed by atoms with Gasteiger partial charge in [-0.25, -0.2) is 0 Å². The molecule has 0 N–H and O–H groups in total. The van der Waals surface area contributed by atoms with E-state index in [1.165, 1.54) is 0 Å². The second-order valence-electron chi connectivity index (χ2n) is 7.25. The molecule has 2 aromatic carbocycles. The van der Waals surface area contributed by atoms with Gasteiger partial charge < -0.3 is 9.64 Å². The number of hydrogen-bond donors (Lipinski definition) is 0. The van der Waals surface area contributed by atoms with Crippen LogP contribution < -0.4 is 0 Å². The molecule has 3 heteroatoms. The number of amides is 1. The van der Waals surface area contributed by atoms with E-state index in [9.17, 15) is 4.79 Å². The molecule has 0 aliphatic rings. The summed E-state index contributed by atoms with van der Waals surface area (Å²) >= 11 is 0. The van der Waals surface area contributed by atoms with Crippen LogP contribution in [0.1, 0.15) is 56.1 Å². The molecular weight excluding hydrogens is 310 g/mol. The van der Waals surface area contributed by atoms with E-state index < -0.39 is 0 Å². The Morgan fingerprint density at radius 3 is 2.52 bits per heavy atom. The summed E-state index contributed by atoms with van der Waals surface area (Å²) in [4.78, 5) is 15.2. The van der Waals surface area contributed by atoms with Crippen molar-refractivity contribution in [2.45, 2.75) is 45.8 Å². The third-order valence-electron chi connectivity index (χ3n) is 4.58. The molecule has 1 unspecified atom stereocenters. The molecule has 0 radical (unpaired) electrons. The number of rotatable bonds is 6. The average Bonchev–Trinajstić information content (AvgIpc) is 2.58. The number of hydrogen-bond acceptors (Lipinski definition) is 2. The minimum Gasteiger partial charge on any atom is -0.373 e. The minimum atomic E-state index is -0.259. The molecule has 0 aromatic heterocycles. The summed E-state index contributed by atoms with van der Waals surface area (Å²) in [7, 11) is 1.86. The van der Waals surface area contributed by atoms with Crippen LogP contribution >= 0.6 is 0 Å². The molecule has 0 saturated heterocycles. The first kappa shape index (κ1) is 19.2. The van der Waals surface area contributed by atoms with Gasteiger partial charge in [-0.05, 0) is 50.5 Å². The van der Waals surface area contributed by atoms with Crippen molar-refractivity contribution in [3.05, 3.63) is 60.2 Å². The highest BCUT2D eigenvalue weighted by Gasteiger charge is 2.28. The van der Waals surface area contributed by atoms with Crippen LogP contribution in [0, 0.1) is 0 Å². The summed E-state index contributed by atoms with van der Waals surface area (Å²) in [6.07, 6.45) is 2.35. The fourth-order valence-electron chi connectivity index (χ4n) is 2.91. The first-order chi connectivity index (χ1) is 11.8. The third-order valence-corrected chi connectivity index (χ3v) is 4.58. The molecule has 3 nitrogen and oxygen atoms in total. The molecule has 2 aromatic rings. The standard InChI is InChI=1S/C22H29NO2/c1-7-11-19(25-8-2)18-15-14-16-12-9-10-13-17(16)20(18)21(24)23(6)22(3,4)5/h7,9-10,12-15,19H,1,8,11H2,2-6H3. The molecule has 0 heterocycles. The molecule has 25 heavy (non-hydrogen) atoms. The summed E-state index contributed by atoms with van der Waals surface area (Å²) in [6, 6.07) is 12.1. The highest BCUT2D eigenvalue weighted by molar-refractivity contribution is 6.08. The normalized spacial score (nSPS) is 12.8. The lowest BCUT2D eigenvalue weighted by Crippen LogP contribution is -2.43. The highest BCUT2D eigenvalue weighted by Crippen LogP contribution is 2.32. The van der Waals surface area contributed by atoms with Gasteiger partial charge in [-0.15, -0.1) is 6.58 Å². The number of carbonyl (C=O) groups is 1. The average molecular weight is 339 g/mol. The van der Waals surface area contributed by atoms with Crippen LogP contribution in [-0.4, -0.2) is 30.0 Å². The van der Waals surface area contributed by atoms with E-state index in [-0.39, 0.29) is 17.6 Å². The Hall–Kier alpha value is -2.13.